The molecule has 4 N–H and O–H groups in total. The van der Waals surface area contributed by atoms with Crippen LogP contribution in [0.4, 0.5) is 5.69 Å². The SMILES string of the molecule is COc1ccc(OCC(C)(N)C(N)=O)c([N+](=O)[O-])c1. The van der Waals surface area contributed by atoms with Crippen LogP contribution in [-0.2, 0) is 4.79 Å². The zero-order chi connectivity index (χ0) is 14.6. The minimum atomic E-state index is -1.41. The first-order valence-electron chi connectivity index (χ1n) is 5.32. The maximum Gasteiger partial charge on any atom is 0.314 e. The molecular formula is C11H15N3O5. The van der Waals surface area contributed by atoms with E-state index < -0.39 is 16.4 Å². The monoisotopic (exact) mass is 269 g/mol. The molecule has 0 bridgehead atoms. The third-order valence-corrected chi connectivity index (χ3v) is 2.45. The van der Waals surface area contributed by atoms with E-state index in [4.69, 9.17) is 20.9 Å². The van der Waals surface area contributed by atoms with E-state index in [0.717, 1.165) is 0 Å². The second-order valence-corrected chi connectivity index (χ2v) is 4.16. The maximum absolute atomic E-state index is 11.0. The maximum atomic E-state index is 11.0. The third-order valence-electron chi connectivity index (χ3n) is 2.45. The number of hydrogen-bond acceptors (Lipinski definition) is 6. The molecule has 0 radical (unpaired) electrons. The molecule has 0 spiro atoms. The number of ether oxygens (including phenoxy) is 2. The Hall–Kier alpha value is -2.35. The summed E-state index contributed by atoms with van der Waals surface area (Å²) in [5.74, 6) is -0.447. The van der Waals surface area contributed by atoms with Gasteiger partial charge in [0.1, 0.15) is 17.9 Å². The lowest BCUT2D eigenvalue weighted by Crippen LogP contribution is -2.53. The highest BCUT2D eigenvalue weighted by Gasteiger charge is 2.28. The summed E-state index contributed by atoms with van der Waals surface area (Å²) in [7, 11) is 1.39. The van der Waals surface area contributed by atoms with Gasteiger partial charge in [-0.25, -0.2) is 0 Å². The number of benzene rings is 1. The zero-order valence-electron chi connectivity index (χ0n) is 10.6. The Morgan fingerprint density at radius 1 is 1.53 bits per heavy atom. The largest absolute Gasteiger partial charge is 0.496 e. The molecule has 8 nitrogen and oxygen atoms in total. The van der Waals surface area contributed by atoms with E-state index in [0.29, 0.717) is 5.75 Å². The Morgan fingerprint density at radius 2 is 2.16 bits per heavy atom. The van der Waals surface area contributed by atoms with Crippen molar-refractivity contribution in [2.24, 2.45) is 11.5 Å². The van der Waals surface area contributed by atoms with Crippen molar-refractivity contribution in [3.63, 3.8) is 0 Å². The van der Waals surface area contributed by atoms with Crippen LogP contribution in [0.3, 0.4) is 0 Å². The molecule has 8 heteroatoms. The van der Waals surface area contributed by atoms with Crippen molar-refractivity contribution in [3.8, 4) is 11.5 Å². The van der Waals surface area contributed by atoms with E-state index in [1.54, 1.807) is 0 Å². The number of carbonyl (C=O) groups is 1. The first kappa shape index (κ1) is 14.7. The standard InChI is InChI=1S/C11H15N3O5/c1-11(13,10(12)15)6-19-9-4-3-7(18-2)5-8(9)14(16)17/h3-5H,6,13H2,1-2H3,(H2,12,15). The molecule has 1 rings (SSSR count). The van der Waals surface area contributed by atoms with Gasteiger partial charge in [0.15, 0.2) is 5.75 Å². The Bertz CT molecular complexity index is 501. The van der Waals surface area contributed by atoms with Gasteiger partial charge in [-0.1, -0.05) is 0 Å². The minimum Gasteiger partial charge on any atom is -0.496 e. The number of nitro benzene ring substituents is 1. The molecule has 104 valence electrons. The number of nitrogens with two attached hydrogens (primary N) is 2. The van der Waals surface area contributed by atoms with Gasteiger partial charge in [0.05, 0.1) is 18.1 Å². The van der Waals surface area contributed by atoms with Crippen LogP contribution in [0, 0.1) is 10.1 Å². The molecule has 0 aliphatic rings. The lowest BCUT2D eigenvalue weighted by Gasteiger charge is -2.20. The molecule has 19 heavy (non-hydrogen) atoms. The van der Waals surface area contributed by atoms with Crippen LogP contribution in [0.1, 0.15) is 6.92 Å². The quantitative estimate of drug-likeness (QED) is 0.559. The number of amides is 1. The van der Waals surface area contributed by atoms with Crippen LogP contribution in [-0.4, -0.2) is 30.1 Å². The van der Waals surface area contributed by atoms with Crippen LogP contribution >= 0.6 is 0 Å². The average Bonchev–Trinajstić information content (AvgIpc) is 2.35. The number of nitro groups is 1. The fourth-order valence-electron chi connectivity index (χ4n) is 1.19. The van der Waals surface area contributed by atoms with Crippen molar-refractivity contribution in [1.82, 2.24) is 0 Å². The molecule has 0 heterocycles. The molecule has 0 saturated carbocycles. The number of primary amides is 1. The number of nitrogens with zero attached hydrogens (tertiary/aromatic N) is 1. The van der Waals surface area contributed by atoms with Crippen LogP contribution in [0.5, 0.6) is 11.5 Å². The topological polar surface area (TPSA) is 131 Å². The van der Waals surface area contributed by atoms with E-state index in [-0.39, 0.29) is 18.0 Å². The van der Waals surface area contributed by atoms with Crippen molar-refractivity contribution in [2.45, 2.75) is 12.5 Å². The second-order valence-electron chi connectivity index (χ2n) is 4.16. The predicted octanol–water partition coefficient (Wildman–Crippen LogP) is 0.185. The van der Waals surface area contributed by atoms with Gasteiger partial charge in [-0.05, 0) is 19.1 Å². The van der Waals surface area contributed by atoms with Crippen molar-refractivity contribution >= 4 is 11.6 Å². The molecule has 0 aromatic heterocycles. The van der Waals surface area contributed by atoms with Gasteiger partial charge in [-0.15, -0.1) is 0 Å². The summed E-state index contributed by atoms with van der Waals surface area (Å²) in [5.41, 5.74) is 8.99. The van der Waals surface area contributed by atoms with Crippen LogP contribution in [0.15, 0.2) is 18.2 Å². The van der Waals surface area contributed by atoms with Crippen molar-refractivity contribution in [1.29, 1.82) is 0 Å². The highest BCUT2D eigenvalue weighted by atomic mass is 16.6. The summed E-state index contributed by atoms with van der Waals surface area (Å²) < 4.78 is 10.1. The summed E-state index contributed by atoms with van der Waals surface area (Å²) in [4.78, 5) is 21.3. The molecule has 1 unspecified atom stereocenters. The molecule has 1 atom stereocenters. The molecular weight excluding hydrogens is 254 g/mol. The number of carbonyl (C=O) groups excluding carboxylic acids is 1. The third kappa shape index (κ3) is 3.55. The predicted molar refractivity (Wildman–Crippen MR) is 66.9 cm³/mol. The first-order valence-corrected chi connectivity index (χ1v) is 5.32. The minimum absolute atomic E-state index is 0.0104. The summed E-state index contributed by atoms with van der Waals surface area (Å²) >= 11 is 0. The lowest BCUT2D eigenvalue weighted by atomic mass is 10.1. The van der Waals surface area contributed by atoms with Crippen LogP contribution in [0.25, 0.3) is 0 Å². The summed E-state index contributed by atoms with van der Waals surface area (Å²) in [6.45, 7) is 1.11. The molecule has 0 fully saturated rings. The molecule has 1 aromatic carbocycles. The molecule has 1 aromatic rings. The van der Waals surface area contributed by atoms with Gasteiger partial charge in [0.2, 0.25) is 5.91 Å². The van der Waals surface area contributed by atoms with Crippen molar-refractivity contribution in [2.75, 3.05) is 13.7 Å². The van der Waals surface area contributed by atoms with Crippen molar-refractivity contribution in [3.05, 3.63) is 28.3 Å². The summed E-state index contributed by atoms with van der Waals surface area (Å²) in [6.07, 6.45) is 0. The van der Waals surface area contributed by atoms with Gasteiger partial charge in [-0.3, -0.25) is 14.9 Å². The lowest BCUT2D eigenvalue weighted by molar-refractivity contribution is -0.386. The normalized spacial score (nSPS) is 13.4. The second kappa shape index (κ2) is 5.53. The number of rotatable bonds is 6. The first-order chi connectivity index (χ1) is 8.77. The van der Waals surface area contributed by atoms with Crippen molar-refractivity contribution < 1.29 is 19.2 Å². The molecule has 0 aliphatic heterocycles. The van der Waals surface area contributed by atoms with Crippen LogP contribution < -0.4 is 20.9 Å². The fourth-order valence-corrected chi connectivity index (χ4v) is 1.19. The van der Waals surface area contributed by atoms with Gasteiger partial charge in [0, 0.05) is 0 Å². The van der Waals surface area contributed by atoms with E-state index >= 15 is 0 Å². The number of methoxy groups -OCH3 is 1. The highest BCUT2D eigenvalue weighted by molar-refractivity contribution is 5.84. The Labute approximate surface area is 109 Å². The number of hydrogen-bond donors (Lipinski definition) is 2. The smallest absolute Gasteiger partial charge is 0.314 e. The van der Waals surface area contributed by atoms with Gasteiger partial charge >= 0.3 is 5.69 Å². The van der Waals surface area contributed by atoms with E-state index in [9.17, 15) is 14.9 Å². The van der Waals surface area contributed by atoms with E-state index in [1.165, 1.54) is 32.2 Å². The van der Waals surface area contributed by atoms with Crippen LogP contribution in [0.2, 0.25) is 0 Å². The Kier molecular flexibility index (Phi) is 4.28. The summed E-state index contributed by atoms with van der Waals surface area (Å²) in [5, 5.41) is 10.9. The average molecular weight is 269 g/mol. The Balaban J connectivity index is 2.95. The molecule has 1 amide bonds. The fraction of sp³-hybridized carbons (Fsp3) is 0.364. The molecule has 0 aliphatic carbocycles. The zero-order valence-corrected chi connectivity index (χ0v) is 10.6. The highest BCUT2D eigenvalue weighted by Crippen LogP contribution is 2.31. The molecule has 0 saturated heterocycles. The van der Waals surface area contributed by atoms with Gasteiger partial charge in [0.25, 0.3) is 0 Å². The summed E-state index contributed by atoms with van der Waals surface area (Å²) in [6, 6.07) is 4.09. The van der Waals surface area contributed by atoms with E-state index in [1.807, 2.05) is 0 Å². The van der Waals surface area contributed by atoms with E-state index in [2.05, 4.69) is 0 Å². The Morgan fingerprint density at radius 3 is 2.63 bits per heavy atom. The van der Waals surface area contributed by atoms with Gasteiger partial charge in [-0.2, -0.15) is 0 Å². The van der Waals surface area contributed by atoms with Gasteiger partial charge < -0.3 is 20.9 Å².